The van der Waals surface area contributed by atoms with Gasteiger partial charge >= 0.3 is 0 Å². The van der Waals surface area contributed by atoms with Crippen molar-refractivity contribution in [1.82, 2.24) is 0 Å². The summed E-state index contributed by atoms with van der Waals surface area (Å²) in [6.45, 7) is 2.33. The molecule has 0 amide bonds. The molecule has 4 heteroatoms. The molecule has 1 aromatic carbocycles. The topological polar surface area (TPSA) is 63.6 Å². The van der Waals surface area contributed by atoms with Crippen molar-refractivity contribution in [3.63, 3.8) is 0 Å². The Hall–Kier alpha value is -2.28. The van der Waals surface area contributed by atoms with E-state index < -0.39 is 5.60 Å². The van der Waals surface area contributed by atoms with Crippen molar-refractivity contribution < 1.29 is 19.4 Å². The summed E-state index contributed by atoms with van der Waals surface area (Å²) >= 11 is 0. The first kappa shape index (κ1) is 19.1. The predicted octanol–water partition coefficient (Wildman–Crippen LogP) is 4.00. The number of aromatic hydroxyl groups is 1. The van der Waals surface area contributed by atoms with Crippen LogP contribution >= 0.6 is 0 Å². The lowest BCUT2D eigenvalue weighted by Crippen LogP contribution is -2.41. The van der Waals surface area contributed by atoms with E-state index in [0.717, 1.165) is 31.2 Å². The van der Waals surface area contributed by atoms with E-state index >= 15 is 0 Å². The largest absolute Gasteiger partial charge is 0.508 e. The second-order valence-corrected chi connectivity index (χ2v) is 6.68. The number of benzene rings is 1. The molecule has 1 unspecified atom stereocenters. The Morgan fingerprint density at radius 3 is 2.80 bits per heavy atom. The Morgan fingerprint density at radius 1 is 1.40 bits per heavy atom. The molecule has 1 fully saturated rings. The van der Waals surface area contributed by atoms with E-state index in [4.69, 9.17) is 4.74 Å². The molecule has 1 aromatic rings. The molecule has 134 valence electrons. The number of ether oxygens (including phenoxy) is 1. The van der Waals surface area contributed by atoms with Gasteiger partial charge in [0, 0.05) is 24.8 Å². The molecule has 1 atom stereocenters. The molecular formula is C21H26O4. The Balaban J connectivity index is 2.11. The predicted molar refractivity (Wildman–Crippen MR) is 96.0 cm³/mol. The van der Waals surface area contributed by atoms with Gasteiger partial charge in [-0.25, -0.2) is 0 Å². The lowest BCUT2D eigenvalue weighted by atomic mass is 9.78. The SMILES string of the molecule is CCC(=O)CC(CCC#Cc1cccc(O)c1)(OC=O)C1CCCC1. The molecule has 0 heterocycles. The minimum atomic E-state index is -0.723. The summed E-state index contributed by atoms with van der Waals surface area (Å²) in [6.07, 6.45) is 6.04. The van der Waals surface area contributed by atoms with Crippen molar-refractivity contribution in [2.75, 3.05) is 0 Å². The molecule has 1 saturated carbocycles. The summed E-state index contributed by atoms with van der Waals surface area (Å²) in [5.74, 6) is 6.65. The van der Waals surface area contributed by atoms with Gasteiger partial charge in [0.25, 0.3) is 6.47 Å². The van der Waals surface area contributed by atoms with Crippen LogP contribution in [0.15, 0.2) is 24.3 Å². The monoisotopic (exact) mass is 342 g/mol. The Labute approximate surface area is 149 Å². The Kier molecular flexibility index (Phi) is 7.06. The molecule has 1 N–H and O–H groups in total. The fraction of sp³-hybridized carbons (Fsp3) is 0.524. The summed E-state index contributed by atoms with van der Waals surface area (Å²) in [5, 5.41) is 9.47. The van der Waals surface area contributed by atoms with E-state index in [9.17, 15) is 14.7 Å². The van der Waals surface area contributed by atoms with Gasteiger partial charge in [-0.2, -0.15) is 0 Å². The maximum atomic E-state index is 12.1. The molecule has 2 rings (SSSR count). The average molecular weight is 342 g/mol. The van der Waals surface area contributed by atoms with Gasteiger partial charge in [0.05, 0.1) is 0 Å². The van der Waals surface area contributed by atoms with Crippen LogP contribution in [0.1, 0.15) is 63.9 Å². The van der Waals surface area contributed by atoms with Crippen LogP contribution in [0.5, 0.6) is 5.75 Å². The number of phenolic OH excluding ortho intramolecular Hbond substituents is 1. The summed E-state index contributed by atoms with van der Waals surface area (Å²) in [4.78, 5) is 23.2. The van der Waals surface area contributed by atoms with Crippen LogP contribution in [0.25, 0.3) is 0 Å². The summed E-state index contributed by atoms with van der Waals surface area (Å²) in [7, 11) is 0. The number of ketones is 1. The lowest BCUT2D eigenvalue weighted by Gasteiger charge is -2.36. The fourth-order valence-electron chi connectivity index (χ4n) is 3.66. The van der Waals surface area contributed by atoms with Crippen molar-refractivity contribution in [3.8, 4) is 17.6 Å². The third kappa shape index (κ3) is 5.35. The lowest BCUT2D eigenvalue weighted by molar-refractivity contribution is -0.155. The first-order valence-corrected chi connectivity index (χ1v) is 9.00. The number of carbonyl (C=O) groups excluding carboxylic acids is 2. The van der Waals surface area contributed by atoms with E-state index in [1.54, 1.807) is 18.2 Å². The highest BCUT2D eigenvalue weighted by Crippen LogP contribution is 2.41. The second-order valence-electron chi connectivity index (χ2n) is 6.68. The van der Waals surface area contributed by atoms with Crippen LogP contribution in [0.3, 0.4) is 0 Å². The number of phenols is 1. The number of carbonyl (C=O) groups is 2. The van der Waals surface area contributed by atoms with E-state index in [2.05, 4.69) is 11.8 Å². The van der Waals surface area contributed by atoms with Crippen molar-refractivity contribution in [2.24, 2.45) is 5.92 Å². The molecule has 0 bridgehead atoms. The van der Waals surface area contributed by atoms with Crippen LogP contribution < -0.4 is 0 Å². The molecule has 0 aromatic heterocycles. The molecule has 1 aliphatic rings. The number of rotatable bonds is 8. The summed E-state index contributed by atoms with van der Waals surface area (Å²) < 4.78 is 5.55. The van der Waals surface area contributed by atoms with Crippen molar-refractivity contribution in [1.29, 1.82) is 0 Å². The fourth-order valence-corrected chi connectivity index (χ4v) is 3.66. The average Bonchev–Trinajstić information content (AvgIpc) is 3.14. The van der Waals surface area contributed by atoms with Gasteiger partial charge in [0.1, 0.15) is 17.1 Å². The maximum Gasteiger partial charge on any atom is 0.293 e. The van der Waals surface area contributed by atoms with Gasteiger partial charge < -0.3 is 9.84 Å². The molecular weight excluding hydrogens is 316 g/mol. The number of hydrogen-bond acceptors (Lipinski definition) is 4. The van der Waals surface area contributed by atoms with Gasteiger partial charge in [-0.15, -0.1) is 0 Å². The van der Waals surface area contributed by atoms with Crippen LogP contribution in [0.4, 0.5) is 0 Å². The number of Topliss-reactive ketones (excluding diaryl/α,β-unsaturated/α-hetero) is 1. The molecule has 1 aliphatic carbocycles. The second kappa shape index (κ2) is 9.27. The van der Waals surface area contributed by atoms with Crippen molar-refractivity contribution >= 4 is 12.3 Å². The zero-order valence-corrected chi connectivity index (χ0v) is 14.8. The molecule has 0 aliphatic heterocycles. The van der Waals surface area contributed by atoms with Gasteiger partial charge in [0.2, 0.25) is 0 Å². The van der Waals surface area contributed by atoms with E-state index in [0.29, 0.717) is 25.7 Å². The highest BCUT2D eigenvalue weighted by Gasteiger charge is 2.42. The minimum Gasteiger partial charge on any atom is -0.508 e. The van der Waals surface area contributed by atoms with Crippen molar-refractivity contribution in [2.45, 2.75) is 63.9 Å². The Morgan fingerprint density at radius 2 is 2.16 bits per heavy atom. The smallest absolute Gasteiger partial charge is 0.293 e. The van der Waals surface area contributed by atoms with Crippen molar-refractivity contribution in [3.05, 3.63) is 29.8 Å². The number of hydrogen-bond donors (Lipinski definition) is 1. The third-order valence-electron chi connectivity index (χ3n) is 5.02. The Bertz CT molecular complexity index is 649. The van der Waals surface area contributed by atoms with Gasteiger partial charge in [-0.05, 0) is 43.4 Å². The zero-order valence-electron chi connectivity index (χ0n) is 14.8. The van der Waals surface area contributed by atoms with Crippen LogP contribution in [-0.2, 0) is 14.3 Å². The minimum absolute atomic E-state index is 0.120. The molecule has 0 saturated heterocycles. The maximum absolute atomic E-state index is 12.1. The highest BCUT2D eigenvalue weighted by atomic mass is 16.5. The normalized spacial score (nSPS) is 16.5. The van der Waals surface area contributed by atoms with E-state index in [1.165, 1.54) is 0 Å². The standard InChI is InChI=1S/C21H26O4/c1-2-19(23)15-21(25-16-22,18-10-3-4-11-18)13-6-5-8-17-9-7-12-20(24)14-17/h7,9,12,14,16,18,24H,2-4,6,10-11,13,15H2,1H3. The van der Waals surface area contributed by atoms with Crippen LogP contribution in [-0.4, -0.2) is 23.0 Å². The van der Waals surface area contributed by atoms with Gasteiger partial charge in [-0.1, -0.05) is 37.7 Å². The van der Waals surface area contributed by atoms with Crippen LogP contribution in [0, 0.1) is 17.8 Å². The van der Waals surface area contributed by atoms with E-state index in [1.807, 2.05) is 13.0 Å². The van der Waals surface area contributed by atoms with Crippen LogP contribution in [0.2, 0.25) is 0 Å². The first-order chi connectivity index (χ1) is 12.1. The van der Waals surface area contributed by atoms with Gasteiger partial charge in [0.15, 0.2) is 0 Å². The molecule has 0 radical (unpaired) electrons. The summed E-state index contributed by atoms with van der Waals surface area (Å²) in [6, 6.07) is 6.79. The third-order valence-corrected chi connectivity index (χ3v) is 5.02. The zero-order chi connectivity index (χ0) is 18.1. The molecule has 25 heavy (non-hydrogen) atoms. The highest BCUT2D eigenvalue weighted by molar-refractivity contribution is 5.79. The summed E-state index contributed by atoms with van der Waals surface area (Å²) in [5.41, 5.74) is 0.0196. The van der Waals surface area contributed by atoms with E-state index in [-0.39, 0.29) is 23.9 Å². The molecule has 4 nitrogen and oxygen atoms in total. The van der Waals surface area contributed by atoms with Gasteiger partial charge in [-0.3, -0.25) is 9.59 Å². The molecule has 0 spiro atoms. The quantitative estimate of drug-likeness (QED) is 0.573. The first-order valence-electron chi connectivity index (χ1n) is 9.00.